The van der Waals surface area contributed by atoms with Crippen LogP contribution in [0, 0.1) is 0 Å². The molecule has 0 aliphatic heterocycles. The first kappa shape index (κ1) is 10.9. The molecular weight excluding hydrogens is 230 g/mol. The summed E-state index contributed by atoms with van der Waals surface area (Å²) in [6.07, 6.45) is 3.61. The maximum atomic E-state index is 11.5. The molecule has 2 aromatic rings. The lowest BCUT2D eigenvalue weighted by Crippen LogP contribution is -2.02. The fraction of sp³-hybridized carbons (Fsp3) is 0.300. The van der Waals surface area contributed by atoms with Crippen molar-refractivity contribution in [3.05, 3.63) is 28.8 Å². The third kappa shape index (κ3) is 1.53. The van der Waals surface area contributed by atoms with Crippen LogP contribution in [0.15, 0.2) is 12.5 Å². The van der Waals surface area contributed by atoms with Gasteiger partial charge < -0.3 is 4.74 Å². The van der Waals surface area contributed by atoms with E-state index in [0.29, 0.717) is 22.7 Å². The summed E-state index contributed by atoms with van der Waals surface area (Å²) in [5, 5.41) is 4.34. The zero-order chi connectivity index (χ0) is 11.7. The molecule has 2 heterocycles. The van der Waals surface area contributed by atoms with E-state index in [-0.39, 0.29) is 0 Å². The third-order valence-electron chi connectivity index (χ3n) is 2.39. The average Bonchev–Trinajstić information content (AvgIpc) is 2.68. The number of ether oxygens (including phenoxy) is 1. The molecule has 2 aromatic heterocycles. The summed E-state index contributed by atoms with van der Waals surface area (Å²) in [7, 11) is 1.34. The normalized spacial score (nSPS) is 10.7. The minimum absolute atomic E-state index is 0.335. The van der Waals surface area contributed by atoms with Gasteiger partial charge in [0.15, 0.2) is 5.15 Å². The number of carbonyl (C=O) groups excluding carboxylic acids is 1. The molecule has 0 radical (unpaired) electrons. The maximum Gasteiger partial charge on any atom is 0.339 e. The van der Waals surface area contributed by atoms with Crippen molar-refractivity contribution in [1.82, 2.24) is 14.6 Å². The molecule has 0 unspecified atom stereocenters. The van der Waals surface area contributed by atoms with Crippen LogP contribution >= 0.6 is 11.6 Å². The highest BCUT2D eigenvalue weighted by Gasteiger charge is 2.18. The van der Waals surface area contributed by atoms with Crippen LogP contribution in [0.5, 0.6) is 0 Å². The lowest BCUT2D eigenvalue weighted by Gasteiger charge is -1.99. The highest BCUT2D eigenvalue weighted by molar-refractivity contribution is 6.32. The van der Waals surface area contributed by atoms with Crippen LogP contribution in [-0.2, 0) is 11.2 Å². The summed E-state index contributed by atoms with van der Waals surface area (Å²) in [4.78, 5) is 15.4. The van der Waals surface area contributed by atoms with Gasteiger partial charge in [-0.15, -0.1) is 0 Å². The lowest BCUT2D eigenvalue weighted by atomic mass is 10.1. The van der Waals surface area contributed by atoms with E-state index in [2.05, 4.69) is 10.1 Å². The van der Waals surface area contributed by atoms with Crippen molar-refractivity contribution in [3.63, 3.8) is 0 Å². The van der Waals surface area contributed by atoms with Gasteiger partial charge >= 0.3 is 5.97 Å². The number of carbonyl (C=O) groups is 1. The van der Waals surface area contributed by atoms with Gasteiger partial charge in [0.05, 0.1) is 12.7 Å². The van der Waals surface area contributed by atoms with Gasteiger partial charge in [-0.05, 0) is 12.0 Å². The van der Waals surface area contributed by atoms with Crippen molar-refractivity contribution in [2.45, 2.75) is 13.3 Å². The molecule has 0 spiro atoms. The standard InChI is InChI=1S/C10H10ClN3O2/c1-3-6-7(10(15)16-2)4-14-8(6)9(11)12-5-13-14/h4-5H,3H2,1-2H3. The second-order valence-corrected chi connectivity index (χ2v) is 3.57. The molecule has 0 N–H and O–H groups in total. The average molecular weight is 240 g/mol. The molecule has 5 nitrogen and oxygen atoms in total. The Balaban J connectivity index is 2.77. The predicted octanol–water partition coefficient (Wildman–Crippen LogP) is 1.73. The Morgan fingerprint density at radius 1 is 1.62 bits per heavy atom. The Morgan fingerprint density at radius 3 is 3.00 bits per heavy atom. The number of rotatable bonds is 2. The number of fused-ring (bicyclic) bond motifs is 1. The molecule has 0 aliphatic carbocycles. The maximum absolute atomic E-state index is 11.5. The molecule has 0 aromatic carbocycles. The summed E-state index contributed by atoms with van der Waals surface area (Å²) < 4.78 is 6.25. The molecule has 0 bridgehead atoms. The number of nitrogens with zero attached hydrogens (tertiary/aromatic N) is 3. The predicted molar refractivity (Wildman–Crippen MR) is 58.7 cm³/mol. The molecule has 0 atom stereocenters. The quantitative estimate of drug-likeness (QED) is 0.749. The molecule has 0 aliphatic rings. The Labute approximate surface area is 97.0 Å². The lowest BCUT2D eigenvalue weighted by molar-refractivity contribution is 0.0599. The zero-order valence-corrected chi connectivity index (χ0v) is 9.65. The molecule has 0 saturated carbocycles. The first-order valence-corrected chi connectivity index (χ1v) is 5.15. The zero-order valence-electron chi connectivity index (χ0n) is 8.90. The number of methoxy groups -OCH3 is 1. The Hall–Kier alpha value is -1.62. The first-order valence-electron chi connectivity index (χ1n) is 4.78. The summed E-state index contributed by atoms with van der Waals surface area (Å²) >= 11 is 5.98. The van der Waals surface area contributed by atoms with Crippen LogP contribution in [0.3, 0.4) is 0 Å². The second kappa shape index (κ2) is 4.09. The molecule has 84 valence electrons. The Bertz CT molecular complexity index is 550. The SMILES string of the molecule is CCc1c(C(=O)OC)cn2ncnc(Cl)c12. The van der Waals surface area contributed by atoms with Crippen LogP contribution in [0.4, 0.5) is 0 Å². The monoisotopic (exact) mass is 239 g/mol. The van der Waals surface area contributed by atoms with E-state index >= 15 is 0 Å². The van der Waals surface area contributed by atoms with Crippen LogP contribution in [0.2, 0.25) is 5.15 Å². The van der Waals surface area contributed by atoms with E-state index < -0.39 is 5.97 Å². The third-order valence-corrected chi connectivity index (χ3v) is 2.67. The van der Waals surface area contributed by atoms with Crippen molar-refractivity contribution >= 4 is 23.1 Å². The molecule has 6 heteroatoms. The van der Waals surface area contributed by atoms with E-state index in [4.69, 9.17) is 16.3 Å². The van der Waals surface area contributed by atoms with Crippen molar-refractivity contribution in [3.8, 4) is 0 Å². The van der Waals surface area contributed by atoms with Gasteiger partial charge in [-0.3, -0.25) is 0 Å². The van der Waals surface area contributed by atoms with Crippen LogP contribution < -0.4 is 0 Å². The van der Waals surface area contributed by atoms with Crippen LogP contribution in [0.25, 0.3) is 5.52 Å². The van der Waals surface area contributed by atoms with Gasteiger partial charge in [-0.1, -0.05) is 18.5 Å². The fourth-order valence-corrected chi connectivity index (χ4v) is 1.92. The minimum atomic E-state index is -0.390. The summed E-state index contributed by atoms with van der Waals surface area (Å²) in [6.45, 7) is 1.94. The Kier molecular flexibility index (Phi) is 2.78. The second-order valence-electron chi connectivity index (χ2n) is 3.21. The first-order chi connectivity index (χ1) is 7.69. The number of halogens is 1. The topological polar surface area (TPSA) is 56.5 Å². The number of hydrogen-bond donors (Lipinski definition) is 0. The molecular formula is C10H10ClN3O2. The van der Waals surface area contributed by atoms with Crippen molar-refractivity contribution < 1.29 is 9.53 Å². The number of aromatic nitrogens is 3. The fourth-order valence-electron chi connectivity index (χ4n) is 1.68. The van der Waals surface area contributed by atoms with E-state index in [1.165, 1.54) is 13.4 Å². The van der Waals surface area contributed by atoms with Gasteiger partial charge in [0.1, 0.15) is 11.8 Å². The highest BCUT2D eigenvalue weighted by atomic mass is 35.5. The smallest absolute Gasteiger partial charge is 0.339 e. The Morgan fingerprint density at radius 2 is 2.38 bits per heavy atom. The van der Waals surface area contributed by atoms with E-state index in [0.717, 1.165) is 5.56 Å². The largest absolute Gasteiger partial charge is 0.465 e. The highest BCUT2D eigenvalue weighted by Crippen LogP contribution is 2.24. The summed E-state index contributed by atoms with van der Waals surface area (Å²) in [5.74, 6) is -0.390. The van der Waals surface area contributed by atoms with Crippen LogP contribution in [0.1, 0.15) is 22.8 Å². The number of hydrogen-bond acceptors (Lipinski definition) is 4. The molecule has 0 fully saturated rings. The van der Waals surface area contributed by atoms with E-state index in [9.17, 15) is 4.79 Å². The molecule has 16 heavy (non-hydrogen) atoms. The van der Waals surface area contributed by atoms with Gasteiger partial charge in [0.25, 0.3) is 0 Å². The minimum Gasteiger partial charge on any atom is -0.465 e. The van der Waals surface area contributed by atoms with Gasteiger partial charge in [-0.25, -0.2) is 14.3 Å². The van der Waals surface area contributed by atoms with Gasteiger partial charge in [0.2, 0.25) is 0 Å². The molecule has 0 saturated heterocycles. The van der Waals surface area contributed by atoms with Gasteiger partial charge in [0, 0.05) is 6.20 Å². The molecule has 0 amide bonds. The van der Waals surface area contributed by atoms with Crippen molar-refractivity contribution in [2.75, 3.05) is 7.11 Å². The van der Waals surface area contributed by atoms with E-state index in [1.807, 2.05) is 6.92 Å². The van der Waals surface area contributed by atoms with Crippen LogP contribution in [-0.4, -0.2) is 27.7 Å². The van der Waals surface area contributed by atoms with Gasteiger partial charge in [-0.2, -0.15) is 5.10 Å². The number of esters is 1. The van der Waals surface area contributed by atoms with Crippen molar-refractivity contribution in [2.24, 2.45) is 0 Å². The van der Waals surface area contributed by atoms with Crippen molar-refractivity contribution in [1.29, 1.82) is 0 Å². The number of aryl methyl sites for hydroxylation is 1. The summed E-state index contributed by atoms with van der Waals surface area (Å²) in [5.41, 5.74) is 1.94. The summed E-state index contributed by atoms with van der Waals surface area (Å²) in [6, 6.07) is 0. The van der Waals surface area contributed by atoms with E-state index in [1.54, 1.807) is 10.7 Å². The molecule has 2 rings (SSSR count).